The van der Waals surface area contributed by atoms with Gasteiger partial charge in [0, 0.05) is 26.2 Å². The summed E-state index contributed by atoms with van der Waals surface area (Å²) in [6.45, 7) is 9.80. The first kappa shape index (κ1) is 18.2. The maximum Gasteiger partial charge on any atom is 0.234 e. The minimum atomic E-state index is -0.665. The quantitative estimate of drug-likeness (QED) is 0.316. The van der Waals surface area contributed by atoms with E-state index >= 15 is 0 Å². The predicted molar refractivity (Wildman–Crippen MR) is 86.2 cm³/mol. The van der Waals surface area contributed by atoms with Gasteiger partial charge in [0.05, 0.1) is 11.7 Å². The van der Waals surface area contributed by atoms with Crippen LogP contribution < -0.4 is 5.32 Å². The third kappa shape index (κ3) is 7.63. The normalized spacial score (nSPS) is 20.8. The number of nitrogens with zero attached hydrogens (tertiary/aromatic N) is 3. The van der Waals surface area contributed by atoms with Crippen LogP contribution in [0.1, 0.15) is 20.3 Å². The molecule has 1 heterocycles. The van der Waals surface area contributed by atoms with Gasteiger partial charge in [0.15, 0.2) is 5.03 Å². The molecule has 1 N–H and O–H groups in total. The average Bonchev–Trinajstić information content (AvgIpc) is 2.95. The van der Waals surface area contributed by atoms with Crippen LogP contribution in [0.4, 0.5) is 0 Å². The van der Waals surface area contributed by atoms with Crippen molar-refractivity contribution in [2.45, 2.75) is 20.3 Å². The highest BCUT2D eigenvalue weighted by molar-refractivity contribution is 8.13. The number of thioether (sulfide) groups is 1. The predicted octanol–water partition coefficient (Wildman–Crippen LogP) is 1.48. The number of rotatable bonds is 8. The molecule has 0 spiro atoms. The molecule has 1 fully saturated rings. The molecule has 1 rings (SSSR count). The van der Waals surface area contributed by atoms with E-state index in [1.807, 2.05) is 0 Å². The van der Waals surface area contributed by atoms with E-state index in [4.69, 9.17) is 4.74 Å². The average molecular weight is 318 g/mol. The lowest BCUT2D eigenvalue weighted by Crippen LogP contribution is -2.37. The van der Waals surface area contributed by atoms with E-state index in [0.29, 0.717) is 23.5 Å². The summed E-state index contributed by atoms with van der Waals surface area (Å²) in [6, 6.07) is 0. The molecular formula is C13H26N4O3S. The van der Waals surface area contributed by atoms with E-state index < -0.39 is 5.03 Å². The van der Waals surface area contributed by atoms with Gasteiger partial charge in [0.2, 0.25) is 5.17 Å². The molecule has 21 heavy (non-hydrogen) atoms. The van der Waals surface area contributed by atoms with Crippen LogP contribution in [0, 0.1) is 22.0 Å². The molecule has 0 aliphatic carbocycles. The molecule has 7 nitrogen and oxygen atoms in total. The second kappa shape index (κ2) is 9.97. The van der Waals surface area contributed by atoms with Gasteiger partial charge in [-0.2, -0.15) is 0 Å². The van der Waals surface area contributed by atoms with Gasteiger partial charge in [0.25, 0.3) is 0 Å². The first-order valence-corrected chi connectivity index (χ1v) is 8.58. The Morgan fingerprint density at radius 3 is 2.95 bits per heavy atom. The molecule has 0 aromatic heterocycles. The Kier molecular flexibility index (Phi) is 8.63. The van der Waals surface area contributed by atoms with Crippen molar-refractivity contribution in [2.75, 3.05) is 45.6 Å². The Morgan fingerprint density at radius 2 is 2.43 bits per heavy atom. The van der Waals surface area contributed by atoms with Crippen LogP contribution in [-0.2, 0) is 4.74 Å². The Bertz CT molecular complexity index is 348. The molecule has 0 amide bonds. The number of ether oxygens (including phenoxy) is 1. The van der Waals surface area contributed by atoms with Gasteiger partial charge in [-0.25, -0.2) is 10.1 Å². The number of amidine groups is 1. The topological polar surface area (TPSA) is 80.0 Å². The van der Waals surface area contributed by atoms with Crippen molar-refractivity contribution in [3.63, 3.8) is 0 Å². The van der Waals surface area contributed by atoms with Gasteiger partial charge in [-0.1, -0.05) is 25.6 Å². The maximum atomic E-state index is 10.4. The van der Waals surface area contributed by atoms with Gasteiger partial charge >= 0.3 is 0 Å². The number of hydrazone groups is 1. The van der Waals surface area contributed by atoms with Crippen LogP contribution in [0.5, 0.6) is 0 Å². The van der Waals surface area contributed by atoms with Gasteiger partial charge in [-0.05, 0) is 31.1 Å². The lowest BCUT2D eigenvalue weighted by atomic mass is 10.1. The van der Waals surface area contributed by atoms with Gasteiger partial charge in [-0.15, -0.1) is 0 Å². The monoisotopic (exact) mass is 318 g/mol. The van der Waals surface area contributed by atoms with E-state index in [1.54, 1.807) is 6.26 Å². The SMILES string of the molecule is CCN(CC(C)CNC(=N[N+](=O)[O-])SC)CC1CCOC1. The fourth-order valence-electron chi connectivity index (χ4n) is 2.41. The van der Waals surface area contributed by atoms with Crippen molar-refractivity contribution in [1.82, 2.24) is 10.2 Å². The van der Waals surface area contributed by atoms with E-state index in [0.717, 1.165) is 39.3 Å². The standard InChI is InChI=1S/C13H26N4O3S/c1-4-16(9-12-5-6-20-10-12)8-11(2)7-14-13(21-3)15-17(18)19/h11-12H,4-10H2,1-3H3,(H,14,15). The first-order chi connectivity index (χ1) is 10.0. The summed E-state index contributed by atoms with van der Waals surface area (Å²) in [5, 5.41) is 16.4. The molecule has 0 aromatic carbocycles. The Hall–Kier alpha value is -0.860. The zero-order valence-electron chi connectivity index (χ0n) is 13.1. The highest BCUT2D eigenvalue weighted by Gasteiger charge is 2.19. The molecule has 0 aromatic rings. The second-order valence-electron chi connectivity index (χ2n) is 5.41. The zero-order chi connectivity index (χ0) is 15.7. The molecule has 2 unspecified atom stereocenters. The number of hydrogen-bond donors (Lipinski definition) is 1. The summed E-state index contributed by atoms with van der Waals surface area (Å²) < 4.78 is 5.42. The Morgan fingerprint density at radius 1 is 1.67 bits per heavy atom. The van der Waals surface area contributed by atoms with Crippen LogP contribution in [-0.4, -0.2) is 60.7 Å². The van der Waals surface area contributed by atoms with E-state index in [-0.39, 0.29) is 0 Å². The van der Waals surface area contributed by atoms with Crippen molar-refractivity contribution in [3.05, 3.63) is 10.1 Å². The van der Waals surface area contributed by atoms with Gasteiger partial charge in [0.1, 0.15) is 0 Å². The molecule has 0 bridgehead atoms. The molecule has 1 aliphatic heterocycles. The van der Waals surface area contributed by atoms with Crippen LogP contribution in [0.2, 0.25) is 0 Å². The van der Waals surface area contributed by atoms with Crippen molar-refractivity contribution in [2.24, 2.45) is 16.9 Å². The number of hydrogen-bond acceptors (Lipinski definition) is 5. The summed E-state index contributed by atoms with van der Waals surface area (Å²) in [5.74, 6) is 1.04. The summed E-state index contributed by atoms with van der Waals surface area (Å²) in [5.41, 5.74) is 0. The third-order valence-corrected chi connectivity index (χ3v) is 4.14. The van der Waals surface area contributed by atoms with Crippen molar-refractivity contribution in [1.29, 1.82) is 0 Å². The summed E-state index contributed by atoms with van der Waals surface area (Å²) >= 11 is 1.26. The molecule has 0 saturated carbocycles. The summed E-state index contributed by atoms with van der Waals surface area (Å²) in [4.78, 5) is 12.8. The maximum absolute atomic E-state index is 10.4. The van der Waals surface area contributed by atoms with Crippen molar-refractivity contribution < 1.29 is 9.77 Å². The lowest BCUT2D eigenvalue weighted by Gasteiger charge is -2.26. The summed E-state index contributed by atoms with van der Waals surface area (Å²) in [7, 11) is 0. The summed E-state index contributed by atoms with van der Waals surface area (Å²) in [6.07, 6.45) is 2.92. The molecular weight excluding hydrogens is 292 g/mol. The van der Waals surface area contributed by atoms with E-state index in [1.165, 1.54) is 11.8 Å². The molecule has 0 radical (unpaired) electrons. The minimum absolute atomic E-state index is 0.360. The van der Waals surface area contributed by atoms with Crippen molar-refractivity contribution in [3.8, 4) is 0 Å². The molecule has 8 heteroatoms. The largest absolute Gasteiger partial charge is 0.381 e. The Balaban J connectivity index is 2.32. The van der Waals surface area contributed by atoms with Gasteiger partial charge < -0.3 is 15.0 Å². The second-order valence-corrected chi connectivity index (χ2v) is 6.21. The fourth-order valence-corrected chi connectivity index (χ4v) is 2.79. The number of nitrogens with one attached hydrogen (secondary N) is 1. The fraction of sp³-hybridized carbons (Fsp3) is 0.923. The van der Waals surface area contributed by atoms with Crippen LogP contribution in [0.25, 0.3) is 0 Å². The van der Waals surface area contributed by atoms with Crippen LogP contribution in [0.15, 0.2) is 5.10 Å². The van der Waals surface area contributed by atoms with Crippen molar-refractivity contribution >= 4 is 16.9 Å². The van der Waals surface area contributed by atoms with Gasteiger partial charge in [-0.3, -0.25) is 0 Å². The van der Waals surface area contributed by atoms with E-state index in [2.05, 4.69) is 29.2 Å². The van der Waals surface area contributed by atoms with Crippen LogP contribution >= 0.6 is 11.8 Å². The molecule has 122 valence electrons. The minimum Gasteiger partial charge on any atom is -0.381 e. The zero-order valence-corrected chi connectivity index (χ0v) is 13.9. The highest BCUT2D eigenvalue weighted by Crippen LogP contribution is 2.14. The third-order valence-electron chi connectivity index (χ3n) is 3.53. The van der Waals surface area contributed by atoms with Crippen LogP contribution in [0.3, 0.4) is 0 Å². The Labute approximate surface area is 130 Å². The molecule has 2 atom stereocenters. The van der Waals surface area contributed by atoms with E-state index in [9.17, 15) is 10.1 Å². The number of nitro groups is 1. The molecule has 1 aliphatic rings. The first-order valence-electron chi connectivity index (χ1n) is 7.36. The highest BCUT2D eigenvalue weighted by atomic mass is 32.2. The molecule has 1 saturated heterocycles. The lowest BCUT2D eigenvalue weighted by molar-refractivity contribution is -0.484. The smallest absolute Gasteiger partial charge is 0.234 e.